The predicted octanol–water partition coefficient (Wildman–Crippen LogP) is 0.853. The van der Waals surface area contributed by atoms with Crippen LogP contribution in [0.15, 0.2) is 24.3 Å². The minimum Gasteiger partial charge on any atom is -0.383 e. The summed E-state index contributed by atoms with van der Waals surface area (Å²) in [6.45, 7) is 2.45. The Kier molecular flexibility index (Phi) is 4.96. The summed E-state index contributed by atoms with van der Waals surface area (Å²) in [6, 6.07) is 7.77. The molecule has 1 aromatic rings. The molecule has 21 heavy (non-hydrogen) atoms. The molecule has 0 bridgehead atoms. The Morgan fingerprint density at radius 1 is 1.24 bits per heavy atom. The highest BCUT2D eigenvalue weighted by molar-refractivity contribution is 5.96. The summed E-state index contributed by atoms with van der Waals surface area (Å²) in [6.07, 6.45) is 2.25. The van der Waals surface area contributed by atoms with Gasteiger partial charge >= 0.3 is 0 Å². The first kappa shape index (κ1) is 15.5. The summed E-state index contributed by atoms with van der Waals surface area (Å²) in [7, 11) is 0. The summed E-state index contributed by atoms with van der Waals surface area (Å²) >= 11 is 0. The van der Waals surface area contributed by atoms with Gasteiger partial charge in [-0.2, -0.15) is 0 Å². The van der Waals surface area contributed by atoms with Crippen LogP contribution in [0.5, 0.6) is 0 Å². The van der Waals surface area contributed by atoms with Crippen LogP contribution in [0.4, 0.5) is 0 Å². The third-order valence-corrected chi connectivity index (χ3v) is 3.83. The second kappa shape index (κ2) is 6.72. The van der Waals surface area contributed by atoms with Gasteiger partial charge < -0.3 is 15.7 Å². The molecule has 2 rings (SSSR count). The van der Waals surface area contributed by atoms with Gasteiger partial charge in [-0.3, -0.25) is 9.59 Å². The number of hydrogen-bond donors (Lipinski definition) is 3. The molecule has 0 saturated carbocycles. The molecule has 114 valence electrons. The largest absolute Gasteiger partial charge is 0.383 e. The lowest BCUT2D eigenvalue weighted by Crippen LogP contribution is -2.44. The van der Waals surface area contributed by atoms with Crippen molar-refractivity contribution in [2.75, 3.05) is 13.1 Å². The molecule has 1 aromatic carbocycles. The molecule has 1 aliphatic carbocycles. The summed E-state index contributed by atoms with van der Waals surface area (Å²) in [5, 5.41) is 16.0. The Labute approximate surface area is 124 Å². The maximum Gasteiger partial charge on any atom is 0.229 e. The standard InChI is InChI=1S/C16H22N2O3/c1-2-17-14(19)10-15(20)18-11-16(21)9-5-7-12-6-3-4-8-13(12)16/h3-4,6,8,21H,2,5,7,9-11H2,1H3,(H,17,19)(H,18,20). The molecule has 1 atom stereocenters. The molecule has 3 N–H and O–H groups in total. The molecular weight excluding hydrogens is 268 g/mol. The van der Waals surface area contributed by atoms with Gasteiger partial charge in [0.05, 0.1) is 6.54 Å². The Bertz CT molecular complexity index is 530. The normalized spacial score (nSPS) is 20.5. The quantitative estimate of drug-likeness (QED) is 0.704. The van der Waals surface area contributed by atoms with E-state index < -0.39 is 5.60 Å². The van der Waals surface area contributed by atoms with Gasteiger partial charge in [0, 0.05) is 6.54 Å². The van der Waals surface area contributed by atoms with Crippen LogP contribution in [0.25, 0.3) is 0 Å². The lowest BCUT2D eigenvalue weighted by Gasteiger charge is -2.34. The molecule has 0 saturated heterocycles. The minimum absolute atomic E-state index is 0.141. The lowest BCUT2D eigenvalue weighted by molar-refractivity contribution is -0.130. The fraction of sp³-hybridized carbons (Fsp3) is 0.500. The van der Waals surface area contributed by atoms with Crippen molar-refractivity contribution in [3.05, 3.63) is 35.4 Å². The van der Waals surface area contributed by atoms with Gasteiger partial charge in [-0.05, 0) is 37.3 Å². The van der Waals surface area contributed by atoms with Gasteiger partial charge in [0.2, 0.25) is 11.8 Å². The zero-order valence-corrected chi connectivity index (χ0v) is 12.3. The molecule has 1 unspecified atom stereocenters. The van der Waals surface area contributed by atoms with E-state index in [-0.39, 0.29) is 24.8 Å². The number of hydrogen-bond acceptors (Lipinski definition) is 3. The molecule has 2 amide bonds. The van der Waals surface area contributed by atoms with Crippen LogP contribution in [0.1, 0.15) is 37.3 Å². The number of aryl methyl sites for hydroxylation is 1. The Balaban J connectivity index is 1.97. The fourth-order valence-corrected chi connectivity index (χ4v) is 2.79. The average molecular weight is 290 g/mol. The summed E-state index contributed by atoms with van der Waals surface area (Å²) in [5.41, 5.74) is 0.977. The van der Waals surface area contributed by atoms with Crippen LogP contribution in [-0.2, 0) is 21.6 Å². The second-order valence-electron chi connectivity index (χ2n) is 5.45. The first-order valence-corrected chi connectivity index (χ1v) is 7.39. The Morgan fingerprint density at radius 3 is 2.71 bits per heavy atom. The van der Waals surface area contributed by atoms with Crippen molar-refractivity contribution in [2.24, 2.45) is 0 Å². The van der Waals surface area contributed by atoms with Gasteiger partial charge in [-0.15, -0.1) is 0 Å². The van der Waals surface area contributed by atoms with E-state index in [2.05, 4.69) is 10.6 Å². The number of carbonyl (C=O) groups is 2. The number of rotatable bonds is 5. The molecule has 0 spiro atoms. The number of benzene rings is 1. The smallest absolute Gasteiger partial charge is 0.229 e. The van der Waals surface area contributed by atoms with Crippen molar-refractivity contribution in [2.45, 2.75) is 38.2 Å². The van der Waals surface area contributed by atoms with E-state index in [1.54, 1.807) is 6.92 Å². The number of fused-ring (bicyclic) bond motifs is 1. The number of nitrogens with one attached hydrogen (secondary N) is 2. The van der Waals surface area contributed by atoms with Crippen molar-refractivity contribution in [3.63, 3.8) is 0 Å². The van der Waals surface area contributed by atoms with Gasteiger partial charge in [-0.25, -0.2) is 0 Å². The highest BCUT2D eigenvalue weighted by Gasteiger charge is 2.34. The molecule has 5 heteroatoms. The van der Waals surface area contributed by atoms with Crippen molar-refractivity contribution in [1.82, 2.24) is 10.6 Å². The van der Waals surface area contributed by atoms with Gasteiger partial charge in [0.1, 0.15) is 12.0 Å². The van der Waals surface area contributed by atoms with Crippen LogP contribution in [-0.4, -0.2) is 30.0 Å². The summed E-state index contributed by atoms with van der Waals surface area (Å²) in [4.78, 5) is 23.1. The minimum atomic E-state index is -1.04. The van der Waals surface area contributed by atoms with E-state index in [0.717, 1.165) is 24.0 Å². The van der Waals surface area contributed by atoms with Crippen molar-refractivity contribution in [1.29, 1.82) is 0 Å². The van der Waals surface area contributed by atoms with E-state index in [9.17, 15) is 14.7 Å². The van der Waals surface area contributed by atoms with Crippen LogP contribution >= 0.6 is 0 Å². The molecule has 0 radical (unpaired) electrons. The molecule has 1 aliphatic rings. The Morgan fingerprint density at radius 2 is 1.95 bits per heavy atom. The average Bonchev–Trinajstić information content (AvgIpc) is 2.46. The maximum absolute atomic E-state index is 11.7. The van der Waals surface area contributed by atoms with E-state index in [1.165, 1.54) is 0 Å². The summed E-state index contributed by atoms with van der Waals surface area (Å²) < 4.78 is 0. The number of carbonyl (C=O) groups excluding carboxylic acids is 2. The third kappa shape index (κ3) is 3.82. The van der Waals surface area contributed by atoms with Crippen LogP contribution < -0.4 is 10.6 Å². The van der Waals surface area contributed by atoms with E-state index in [0.29, 0.717) is 13.0 Å². The number of amides is 2. The van der Waals surface area contributed by atoms with Crippen LogP contribution in [0.2, 0.25) is 0 Å². The zero-order chi connectivity index (χ0) is 15.3. The molecule has 0 fully saturated rings. The SMILES string of the molecule is CCNC(=O)CC(=O)NCC1(O)CCCc2ccccc21. The summed E-state index contributed by atoms with van der Waals surface area (Å²) in [5.74, 6) is -0.663. The molecule has 0 aromatic heterocycles. The van der Waals surface area contributed by atoms with Crippen molar-refractivity contribution in [3.8, 4) is 0 Å². The maximum atomic E-state index is 11.7. The van der Waals surface area contributed by atoms with Gasteiger partial charge in [0.25, 0.3) is 0 Å². The first-order chi connectivity index (χ1) is 10.0. The Hall–Kier alpha value is -1.88. The molecular formula is C16H22N2O3. The van der Waals surface area contributed by atoms with Gasteiger partial charge in [-0.1, -0.05) is 24.3 Å². The lowest BCUT2D eigenvalue weighted by atomic mass is 9.79. The fourth-order valence-electron chi connectivity index (χ4n) is 2.79. The highest BCUT2D eigenvalue weighted by Crippen LogP contribution is 2.34. The number of aliphatic hydroxyl groups is 1. The van der Waals surface area contributed by atoms with Crippen molar-refractivity contribution >= 4 is 11.8 Å². The van der Waals surface area contributed by atoms with E-state index in [1.807, 2.05) is 24.3 Å². The zero-order valence-electron chi connectivity index (χ0n) is 12.3. The molecule has 0 aliphatic heterocycles. The van der Waals surface area contributed by atoms with Crippen molar-refractivity contribution < 1.29 is 14.7 Å². The predicted molar refractivity (Wildman–Crippen MR) is 79.6 cm³/mol. The monoisotopic (exact) mass is 290 g/mol. The second-order valence-corrected chi connectivity index (χ2v) is 5.45. The van der Waals surface area contributed by atoms with Crippen LogP contribution in [0.3, 0.4) is 0 Å². The third-order valence-electron chi connectivity index (χ3n) is 3.83. The highest BCUT2D eigenvalue weighted by atomic mass is 16.3. The first-order valence-electron chi connectivity index (χ1n) is 7.39. The van der Waals surface area contributed by atoms with Crippen LogP contribution in [0, 0.1) is 0 Å². The topological polar surface area (TPSA) is 78.4 Å². The van der Waals surface area contributed by atoms with E-state index in [4.69, 9.17) is 0 Å². The molecule has 5 nitrogen and oxygen atoms in total. The molecule has 0 heterocycles. The van der Waals surface area contributed by atoms with E-state index >= 15 is 0 Å². The van der Waals surface area contributed by atoms with Gasteiger partial charge in [0.15, 0.2) is 0 Å².